The summed E-state index contributed by atoms with van der Waals surface area (Å²) in [5.74, 6) is 0.449. The molecule has 0 aromatic heterocycles. The third-order valence-electron chi connectivity index (χ3n) is 3.35. The number of nitrogens with one attached hydrogen (secondary N) is 3. The van der Waals surface area contributed by atoms with Crippen LogP contribution in [0, 0.1) is 0 Å². The van der Waals surface area contributed by atoms with Crippen LogP contribution in [-0.2, 0) is 4.79 Å². The fourth-order valence-electron chi connectivity index (χ4n) is 2.18. The lowest BCUT2D eigenvalue weighted by Crippen LogP contribution is -2.40. The van der Waals surface area contributed by atoms with Crippen LogP contribution >= 0.6 is 0 Å². The summed E-state index contributed by atoms with van der Waals surface area (Å²) in [5, 5.41) is 19.1. The Labute approximate surface area is 158 Å². The summed E-state index contributed by atoms with van der Waals surface area (Å²) in [5.41, 5.74) is 0.535. The molecule has 0 aliphatic rings. The fourth-order valence-corrected chi connectivity index (χ4v) is 2.18. The van der Waals surface area contributed by atoms with Gasteiger partial charge in [0, 0.05) is 25.6 Å². The minimum atomic E-state index is -2.89. The van der Waals surface area contributed by atoms with Crippen LogP contribution in [0.3, 0.4) is 0 Å². The summed E-state index contributed by atoms with van der Waals surface area (Å²) >= 11 is 0. The Bertz CT molecular complexity index is 595. The van der Waals surface area contributed by atoms with E-state index in [9.17, 15) is 18.7 Å². The number of aliphatic hydroxyl groups is 1. The van der Waals surface area contributed by atoms with Crippen LogP contribution in [0.1, 0.15) is 38.9 Å². The van der Waals surface area contributed by atoms with Gasteiger partial charge in [0.2, 0.25) is 5.91 Å². The van der Waals surface area contributed by atoms with Gasteiger partial charge in [-0.1, -0.05) is 12.1 Å². The van der Waals surface area contributed by atoms with Gasteiger partial charge in [-0.05, 0) is 38.5 Å². The highest BCUT2D eigenvalue weighted by atomic mass is 19.3. The number of rotatable bonds is 10. The summed E-state index contributed by atoms with van der Waals surface area (Å²) in [7, 11) is 0. The second-order valence-corrected chi connectivity index (χ2v) is 6.08. The zero-order chi connectivity index (χ0) is 20.2. The van der Waals surface area contributed by atoms with E-state index in [1.54, 1.807) is 0 Å². The van der Waals surface area contributed by atoms with Crippen LogP contribution in [0.25, 0.3) is 0 Å². The van der Waals surface area contributed by atoms with E-state index < -0.39 is 12.7 Å². The first-order valence-electron chi connectivity index (χ1n) is 8.86. The van der Waals surface area contributed by atoms with Gasteiger partial charge in [0.1, 0.15) is 5.75 Å². The minimum absolute atomic E-state index is 0.0270. The molecule has 1 aromatic carbocycles. The van der Waals surface area contributed by atoms with Crippen molar-refractivity contribution in [2.24, 2.45) is 4.99 Å². The lowest BCUT2D eigenvalue weighted by Gasteiger charge is -2.14. The summed E-state index contributed by atoms with van der Waals surface area (Å²) < 4.78 is 28.6. The number of carbonyl (C=O) groups is 1. The van der Waals surface area contributed by atoms with E-state index in [2.05, 4.69) is 25.7 Å². The van der Waals surface area contributed by atoms with Gasteiger partial charge in [-0.15, -0.1) is 0 Å². The van der Waals surface area contributed by atoms with Gasteiger partial charge < -0.3 is 25.8 Å². The second-order valence-electron chi connectivity index (χ2n) is 6.08. The molecule has 1 aromatic rings. The molecular weight excluding hydrogens is 358 g/mol. The number of hydrogen-bond donors (Lipinski definition) is 4. The molecule has 4 N–H and O–H groups in total. The molecule has 0 saturated carbocycles. The molecule has 152 valence electrons. The molecule has 1 rings (SSSR count). The summed E-state index contributed by atoms with van der Waals surface area (Å²) in [6, 6.07) is 5.84. The van der Waals surface area contributed by atoms with Gasteiger partial charge in [0.05, 0.1) is 12.6 Å². The quantitative estimate of drug-likeness (QED) is 0.363. The Morgan fingerprint density at radius 3 is 2.44 bits per heavy atom. The number of aliphatic imine (C=N–C) groups is 1. The molecule has 0 radical (unpaired) electrons. The standard InChI is InChI=1S/C18H28F2N4O3/c1-4-21-18(22-10-9-16(26)24-12(2)3)23-11-15(25)13-5-7-14(8-6-13)27-17(19)20/h5-8,12,15,17,25H,4,9-11H2,1-3H3,(H,24,26)(H2,21,22,23). The number of benzene rings is 1. The van der Waals surface area contributed by atoms with Crippen molar-refractivity contribution in [3.05, 3.63) is 29.8 Å². The molecule has 0 saturated heterocycles. The molecule has 0 aliphatic carbocycles. The molecule has 27 heavy (non-hydrogen) atoms. The van der Waals surface area contributed by atoms with Gasteiger partial charge in [-0.25, -0.2) is 0 Å². The van der Waals surface area contributed by atoms with Gasteiger partial charge >= 0.3 is 6.61 Å². The van der Waals surface area contributed by atoms with E-state index in [1.807, 2.05) is 20.8 Å². The van der Waals surface area contributed by atoms with Crippen molar-refractivity contribution in [1.29, 1.82) is 0 Å². The third-order valence-corrected chi connectivity index (χ3v) is 3.35. The van der Waals surface area contributed by atoms with Crippen molar-refractivity contribution in [2.45, 2.75) is 45.9 Å². The Hall–Kier alpha value is -2.42. The van der Waals surface area contributed by atoms with E-state index in [4.69, 9.17) is 0 Å². The average molecular weight is 386 g/mol. The monoisotopic (exact) mass is 386 g/mol. The zero-order valence-electron chi connectivity index (χ0n) is 15.8. The molecule has 0 aliphatic heterocycles. The summed E-state index contributed by atoms with van der Waals surface area (Å²) in [4.78, 5) is 15.9. The van der Waals surface area contributed by atoms with Crippen molar-refractivity contribution < 1.29 is 23.4 Å². The predicted molar refractivity (Wildman–Crippen MR) is 99.9 cm³/mol. The Kier molecular flexibility index (Phi) is 10.1. The molecular formula is C18H28F2N4O3. The number of aliphatic hydroxyl groups excluding tert-OH is 1. The molecule has 1 atom stereocenters. The first-order chi connectivity index (χ1) is 12.8. The number of guanidine groups is 1. The van der Waals surface area contributed by atoms with Crippen molar-refractivity contribution in [3.63, 3.8) is 0 Å². The second kappa shape index (κ2) is 12.1. The number of ether oxygens (including phenoxy) is 1. The number of amides is 1. The van der Waals surface area contributed by atoms with Gasteiger partial charge in [-0.3, -0.25) is 9.79 Å². The molecule has 0 bridgehead atoms. The highest BCUT2D eigenvalue weighted by Gasteiger charge is 2.10. The molecule has 0 fully saturated rings. The smallest absolute Gasteiger partial charge is 0.387 e. The number of carbonyl (C=O) groups excluding carboxylic acids is 1. The summed E-state index contributed by atoms with van der Waals surface area (Å²) in [6.07, 6.45) is -0.596. The van der Waals surface area contributed by atoms with E-state index in [0.29, 0.717) is 31.0 Å². The lowest BCUT2D eigenvalue weighted by molar-refractivity contribution is -0.121. The van der Waals surface area contributed by atoms with Crippen LogP contribution in [-0.4, -0.2) is 49.3 Å². The maximum absolute atomic E-state index is 12.1. The minimum Gasteiger partial charge on any atom is -0.435 e. The Balaban J connectivity index is 2.54. The molecule has 0 heterocycles. The third kappa shape index (κ3) is 9.74. The van der Waals surface area contributed by atoms with E-state index >= 15 is 0 Å². The number of alkyl halides is 2. The van der Waals surface area contributed by atoms with Crippen LogP contribution in [0.4, 0.5) is 8.78 Å². The van der Waals surface area contributed by atoms with Gasteiger partial charge in [0.25, 0.3) is 0 Å². The van der Waals surface area contributed by atoms with Gasteiger partial charge in [-0.2, -0.15) is 8.78 Å². The van der Waals surface area contributed by atoms with Crippen molar-refractivity contribution in [1.82, 2.24) is 16.0 Å². The average Bonchev–Trinajstić information content (AvgIpc) is 2.58. The van der Waals surface area contributed by atoms with E-state index in [0.717, 1.165) is 0 Å². The summed E-state index contributed by atoms with van der Waals surface area (Å²) in [6.45, 7) is 3.90. The Morgan fingerprint density at radius 2 is 1.89 bits per heavy atom. The zero-order valence-corrected chi connectivity index (χ0v) is 15.8. The normalized spacial score (nSPS) is 12.8. The maximum atomic E-state index is 12.1. The lowest BCUT2D eigenvalue weighted by atomic mass is 10.1. The van der Waals surface area contributed by atoms with Crippen LogP contribution < -0.4 is 20.7 Å². The number of hydrogen-bond acceptors (Lipinski definition) is 4. The fraction of sp³-hybridized carbons (Fsp3) is 0.556. The number of halogens is 2. The number of nitrogens with zero attached hydrogens (tertiary/aromatic N) is 1. The molecule has 9 heteroatoms. The van der Waals surface area contributed by atoms with E-state index in [-0.39, 0.29) is 24.2 Å². The topological polar surface area (TPSA) is 95.0 Å². The van der Waals surface area contributed by atoms with Crippen molar-refractivity contribution >= 4 is 11.9 Å². The molecule has 7 nitrogen and oxygen atoms in total. The van der Waals surface area contributed by atoms with Crippen LogP contribution in [0.15, 0.2) is 29.3 Å². The maximum Gasteiger partial charge on any atom is 0.387 e. The highest BCUT2D eigenvalue weighted by Crippen LogP contribution is 2.19. The largest absolute Gasteiger partial charge is 0.435 e. The molecule has 1 unspecified atom stereocenters. The van der Waals surface area contributed by atoms with Crippen molar-refractivity contribution in [3.8, 4) is 5.75 Å². The van der Waals surface area contributed by atoms with E-state index in [1.165, 1.54) is 24.3 Å². The highest BCUT2D eigenvalue weighted by molar-refractivity contribution is 5.81. The molecule has 0 spiro atoms. The SMILES string of the molecule is CCNC(=NCC(O)c1ccc(OC(F)F)cc1)NCCC(=O)NC(C)C. The molecule has 1 amide bonds. The van der Waals surface area contributed by atoms with Gasteiger partial charge in [0.15, 0.2) is 5.96 Å². The predicted octanol–water partition coefficient (Wildman–Crippen LogP) is 1.79. The van der Waals surface area contributed by atoms with Crippen LogP contribution in [0.5, 0.6) is 5.75 Å². The first-order valence-corrected chi connectivity index (χ1v) is 8.86. The Morgan fingerprint density at radius 1 is 1.22 bits per heavy atom. The first kappa shape index (κ1) is 22.6. The van der Waals surface area contributed by atoms with Crippen molar-refractivity contribution in [2.75, 3.05) is 19.6 Å². The van der Waals surface area contributed by atoms with Crippen LogP contribution in [0.2, 0.25) is 0 Å².